The van der Waals surface area contributed by atoms with Crippen LogP contribution in [0.4, 0.5) is 4.79 Å². The molecule has 1 aliphatic rings. The molecule has 2 atom stereocenters. The Bertz CT molecular complexity index is 727. The number of carbonyl (C=O) groups excluding carboxylic acids is 2. The van der Waals surface area contributed by atoms with Gasteiger partial charge in [-0.3, -0.25) is 4.79 Å². The zero-order chi connectivity index (χ0) is 21.8. The molecule has 7 heteroatoms. The van der Waals surface area contributed by atoms with Crippen molar-refractivity contribution in [1.82, 2.24) is 15.5 Å². The number of nitrogens with one attached hydrogen (secondary N) is 2. The molecule has 0 aromatic heterocycles. The monoisotopic (exact) mass is 405 g/mol. The molecule has 0 aliphatic carbocycles. The molecule has 29 heavy (non-hydrogen) atoms. The van der Waals surface area contributed by atoms with Crippen molar-refractivity contribution in [2.45, 2.75) is 46.1 Å². The first kappa shape index (κ1) is 22.8. The summed E-state index contributed by atoms with van der Waals surface area (Å²) in [5.74, 6) is 1.17. The number of amides is 3. The van der Waals surface area contributed by atoms with Crippen molar-refractivity contribution in [3.63, 3.8) is 0 Å². The molecule has 1 aliphatic heterocycles. The van der Waals surface area contributed by atoms with Gasteiger partial charge in [0.25, 0.3) is 0 Å². The van der Waals surface area contributed by atoms with E-state index in [0.717, 1.165) is 5.56 Å². The van der Waals surface area contributed by atoms with E-state index in [1.54, 1.807) is 19.1 Å². The molecule has 162 valence electrons. The van der Waals surface area contributed by atoms with Crippen LogP contribution in [0.25, 0.3) is 0 Å². The number of methoxy groups -OCH3 is 2. The van der Waals surface area contributed by atoms with Gasteiger partial charge in [0, 0.05) is 42.7 Å². The van der Waals surface area contributed by atoms with Crippen molar-refractivity contribution >= 4 is 11.9 Å². The first-order chi connectivity index (χ1) is 13.6. The normalized spacial score (nSPS) is 19.2. The summed E-state index contributed by atoms with van der Waals surface area (Å²) >= 11 is 0. The largest absolute Gasteiger partial charge is 0.497 e. The summed E-state index contributed by atoms with van der Waals surface area (Å²) < 4.78 is 10.9. The SMILES string of the molecule is COc1ccc(C2CN(C(=O)NC(C)(C)C)CC2C(=O)NCC(C)C)c(OC)c1. The molecule has 1 aromatic rings. The molecule has 0 saturated carbocycles. The zero-order valence-electron chi connectivity index (χ0n) is 18.7. The molecule has 1 fully saturated rings. The lowest BCUT2D eigenvalue weighted by atomic mass is 9.87. The zero-order valence-corrected chi connectivity index (χ0v) is 18.7. The Hall–Kier alpha value is -2.44. The Kier molecular flexibility index (Phi) is 7.38. The second-order valence-corrected chi connectivity index (χ2v) is 9.05. The van der Waals surface area contributed by atoms with Crippen LogP contribution in [0.1, 0.15) is 46.1 Å². The fourth-order valence-corrected chi connectivity index (χ4v) is 3.51. The van der Waals surface area contributed by atoms with E-state index in [1.807, 2.05) is 39.0 Å². The van der Waals surface area contributed by atoms with Gasteiger partial charge in [0.2, 0.25) is 5.91 Å². The van der Waals surface area contributed by atoms with Gasteiger partial charge in [0.05, 0.1) is 20.1 Å². The average molecular weight is 406 g/mol. The third-order valence-electron chi connectivity index (χ3n) is 4.95. The molecule has 1 aromatic carbocycles. The first-order valence-electron chi connectivity index (χ1n) is 10.1. The second kappa shape index (κ2) is 9.37. The Balaban J connectivity index is 2.32. The van der Waals surface area contributed by atoms with Crippen molar-refractivity contribution in [3.8, 4) is 11.5 Å². The Morgan fingerprint density at radius 2 is 1.86 bits per heavy atom. The highest BCUT2D eigenvalue weighted by atomic mass is 16.5. The molecule has 0 spiro atoms. The fraction of sp³-hybridized carbons (Fsp3) is 0.636. The number of rotatable bonds is 6. The number of urea groups is 1. The maximum Gasteiger partial charge on any atom is 0.317 e. The van der Waals surface area contributed by atoms with Crippen LogP contribution in [-0.4, -0.2) is 56.2 Å². The van der Waals surface area contributed by atoms with Crippen molar-refractivity contribution in [1.29, 1.82) is 0 Å². The van der Waals surface area contributed by atoms with Crippen LogP contribution in [0, 0.1) is 11.8 Å². The molecule has 0 radical (unpaired) electrons. The minimum atomic E-state index is -0.346. The maximum atomic E-state index is 13.0. The smallest absolute Gasteiger partial charge is 0.317 e. The molecule has 1 saturated heterocycles. The summed E-state index contributed by atoms with van der Waals surface area (Å²) in [6.45, 7) is 11.4. The van der Waals surface area contributed by atoms with E-state index < -0.39 is 0 Å². The van der Waals surface area contributed by atoms with Crippen LogP contribution in [-0.2, 0) is 4.79 Å². The van der Waals surface area contributed by atoms with Crippen LogP contribution >= 0.6 is 0 Å². The van der Waals surface area contributed by atoms with E-state index in [1.165, 1.54) is 0 Å². The molecule has 3 amide bonds. The highest BCUT2D eigenvalue weighted by Gasteiger charge is 2.42. The number of ether oxygens (including phenoxy) is 2. The summed E-state index contributed by atoms with van der Waals surface area (Å²) in [5.41, 5.74) is 0.562. The Morgan fingerprint density at radius 3 is 2.41 bits per heavy atom. The van der Waals surface area contributed by atoms with Gasteiger partial charge in [0.15, 0.2) is 0 Å². The molecule has 7 nitrogen and oxygen atoms in total. The summed E-state index contributed by atoms with van der Waals surface area (Å²) in [6.07, 6.45) is 0. The highest BCUT2D eigenvalue weighted by Crippen LogP contribution is 2.39. The number of benzene rings is 1. The predicted molar refractivity (Wildman–Crippen MR) is 113 cm³/mol. The van der Waals surface area contributed by atoms with Crippen molar-refractivity contribution in [3.05, 3.63) is 23.8 Å². The van der Waals surface area contributed by atoms with Gasteiger partial charge in [-0.2, -0.15) is 0 Å². The lowest BCUT2D eigenvalue weighted by Gasteiger charge is -2.25. The van der Waals surface area contributed by atoms with Gasteiger partial charge < -0.3 is 25.0 Å². The lowest BCUT2D eigenvalue weighted by molar-refractivity contribution is -0.125. The van der Waals surface area contributed by atoms with E-state index in [-0.39, 0.29) is 29.3 Å². The molecular weight excluding hydrogens is 370 g/mol. The van der Waals surface area contributed by atoms with Crippen LogP contribution in [0.3, 0.4) is 0 Å². The van der Waals surface area contributed by atoms with Gasteiger partial charge in [-0.1, -0.05) is 19.9 Å². The van der Waals surface area contributed by atoms with Crippen LogP contribution in [0.2, 0.25) is 0 Å². The third kappa shape index (κ3) is 6.02. The van der Waals surface area contributed by atoms with E-state index in [2.05, 4.69) is 24.5 Å². The number of hydrogen-bond acceptors (Lipinski definition) is 4. The van der Waals surface area contributed by atoms with E-state index in [0.29, 0.717) is 37.1 Å². The molecule has 2 rings (SSSR count). The number of hydrogen-bond donors (Lipinski definition) is 2. The van der Waals surface area contributed by atoms with Gasteiger partial charge >= 0.3 is 6.03 Å². The third-order valence-corrected chi connectivity index (χ3v) is 4.95. The summed E-state index contributed by atoms with van der Waals surface area (Å²) in [6, 6.07) is 5.44. The second-order valence-electron chi connectivity index (χ2n) is 9.05. The maximum absolute atomic E-state index is 13.0. The minimum absolute atomic E-state index is 0.0346. The minimum Gasteiger partial charge on any atom is -0.497 e. The van der Waals surface area contributed by atoms with E-state index in [9.17, 15) is 9.59 Å². The number of carbonyl (C=O) groups is 2. The standard InChI is InChI=1S/C22H35N3O4/c1-14(2)11-23-20(26)18-13-25(21(27)24-22(3,4)5)12-17(18)16-9-8-15(28-6)10-19(16)29-7/h8-10,14,17-18H,11-13H2,1-7H3,(H,23,26)(H,24,27). The van der Waals surface area contributed by atoms with Gasteiger partial charge in [0.1, 0.15) is 11.5 Å². The Labute approximate surface area is 174 Å². The van der Waals surface area contributed by atoms with Crippen molar-refractivity contribution in [2.24, 2.45) is 11.8 Å². The summed E-state index contributed by atoms with van der Waals surface area (Å²) in [7, 11) is 3.20. The van der Waals surface area contributed by atoms with Crippen molar-refractivity contribution in [2.75, 3.05) is 33.9 Å². The van der Waals surface area contributed by atoms with Crippen molar-refractivity contribution < 1.29 is 19.1 Å². The van der Waals surface area contributed by atoms with Crippen LogP contribution in [0.5, 0.6) is 11.5 Å². The average Bonchev–Trinajstić information content (AvgIpc) is 3.09. The first-order valence-corrected chi connectivity index (χ1v) is 10.1. The number of likely N-dealkylation sites (tertiary alicyclic amines) is 1. The summed E-state index contributed by atoms with van der Waals surface area (Å²) in [4.78, 5) is 27.5. The van der Waals surface area contributed by atoms with Gasteiger partial charge in [-0.05, 0) is 32.8 Å². The van der Waals surface area contributed by atoms with Gasteiger partial charge in [-0.15, -0.1) is 0 Å². The predicted octanol–water partition coefficient (Wildman–Crippen LogP) is 3.00. The molecular formula is C22H35N3O4. The summed E-state index contributed by atoms with van der Waals surface area (Å²) in [5, 5.41) is 6.02. The number of nitrogens with zero attached hydrogens (tertiary/aromatic N) is 1. The molecule has 0 bridgehead atoms. The molecule has 2 N–H and O–H groups in total. The van der Waals surface area contributed by atoms with Gasteiger partial charge in [-0.25, -0.2) is 4.79 Å². The Morgan fingerprint density at radius 1 is 1.17 bits per heavy atom. The highest BCUT2D eigenvalue weighted by molar-refractivity contribution is 5.83. The quantitative estimate of drug-likeness (QED) is 0.763. The van der Waals surface area contributed by atoms with E-state index >= 15 is 0 Å². The topological polar surface area (TPSA) is 79.9 Å². The van der Waals surface area contributed by atoms with Crippen LogP contribution < -0.4 is 20.1 Å². The van der Waals surface area contributed by atoms with Crippen LogP contribution in [0.15, 0.2) is 18.2 Å². The molecule has 1 heterocycles. The molecule has 2 unspecified atom stereocenters. The van der Waals surface area contributed by atoms with E-state index in [4.69, 9.17) is 9.47 Å². The fourth-order valence-electron chi connectivity index (χ4n) is 3.51. The lowest BCUT2D eigenvalue weighted by Crippen LogP contribution is -2.48.